The number of ether oxygens (including phenoxy) is 1. The Bertz CT molecular complexity index is 568. The number of nitrogens with zero attached hydrogens (tertiary/aromatic N) is 2. The van der Waals surface area contributed by atoms with Crippen molar-refractivity contribution in [3.63, 3.8) is 0 Å². The first kappa shape index (κ1) is 16.7. The molecule has 0 saturated carbocycles. The van der Waals surface area contributed by atoms with Gasteiger partial charge in [-0.3, -0.25) is 4.90 Å². The van der Waals surface area contributed by atoms with Gasteiger partial charge in [-0.15, -0.1) is 0 Å². The molecule has 7 heteroatoms. The van der Waals surface area contributed by atoms with Gasteiger partial charge in [0.1, 0.15) is 16.2 Å². The summed E-state index contributed by atoms with van der Waals surface area (Å²) in [5.41, 5.74) is 0.152. The molecule has 1 amide bonds. The zero-order valence-corrected chi connectivity index (χ0v) is 14.3. The van der Waals surface area contributed by atoms with Crippen molar-refractivity contribution in [2.45, 2.75) is 44.8 Å². The van der Waals surface area contributed by atoms with E-state index in [1.54, 1.807) is 33.0 Å². The van der Waals surface area contributed by atoms with Gasteiger partial charge in [-0.25, -0.2) is 14.6 Å². The van der Waals surface area contributed by atoms with Crippen LogP contribution in [0.5, 0.6) is 0 Å². The summed E-state index contributed by atoms with van der Waals surface area (Å²) < 4.78 is 5.99. The minimum Gasteiger partial charge on any atom is -0.480 e. The van der Waals surface area contributed by atoms with Gasteiger partial charge in [-0.1, -0.05) is 6.07 Å². The highest BCUT2D eigenvalue weighted by Gasteiger charge is 2.44. The lowest BCUT2D eigenvalue weighted by atomic mass is 9.93. The second-order valence-corrected chi connectivity index (χ2v) is 7.08. The number of likely N-dealkylation sites (tertiary alicyclic amines) is 1. The Labute approximate surface area is 137 Å². The van der Waals surface area contributed by atoms with Crippen molar-refractivity contribution in [2.75, 3.05) is 6.54 Å². The van der Waals surface area contributed by atoms with E-state index < -0.39 is 23.7 Å². The Hall–Kier alpha value is -1.63. The topological polar surface area (TPSA) is 79.7 Å². The van der Waals surface area contributed by atoms with Crippen molar-refractivity contribution in [3.8, 4) is 0 Å². The lowest BCUT2D eigenvalue weighted by Crippen LogP contribution is -2.45. The number of carboxylic acids is 1. The normalized spacial score (nSPS) is 21.7. The molecule has 1 aromatic rings. The van der Waals surface area contributed by atoms with Gasteiger partial charge >= 0.3 is 12.1 Å². The van der Waals surface area contributed by atoms with E-state index in [9.17, 15) is 14.7 Å². The van der Waals surface area contributed by atoms with E-state index in [0.717, 1.165) is 5.56 Å². The minimum atomic E-state index is -1.03. The summed E-state index contributed by atoms with van der Waals surface area (Å²) in [6.07, 6.45) is 1.62. The number of rotatable bonds is 2. The highest BCUT2D eigenvalue weighted by Crippen LogP contribution is 2.34. The third kappa shape index (κ3) is 3.76. The molecule has 1 aliphatic heterocycles. The molecular formula is C15H19BrN2O4. The first-order valence-electron chi connectivity index (χ1n) is 7.03. The summed E-state index contributed by atoms with van der Waals surface area (Å²) in [7, 11) is 0. The van der Waals surface area contributed by atoms with Crippen molar-refractivity contribution >= 4 is 28.0 Å². The first-order valence-corrected chi connectivity index (χ1v) is 7.82. The molecule has 0 bridgehead atoms. The van der Waals surface area contributed by atoms with Gasteiger partial charge in [-0.05, 0) is 54.8 Å². The highest BCUT2D eigenvalue weighted by atomic mass is 79.9. The van der Waals surface area contributed by atoms with Crippen LogP contribution in [-0.2, 0) is 9.53 Å². The zero-order valence-electron chi connectivity index (χ0n) is 12.7. The van der Waals surface area contributed by atoms with Crippen LogP contribution < -0.4 is 0 Å². The molecule has 0 radical (unpaired) electrons. The fraction of sp³-hybridized carbons (Fsp3) is 0.533. The standard InChI is InChI=1S/C15H19BrN2O4/c1-15(2,3)22-14(21)18-7-6-10(12(18)13(19)20)9-4-5-11(16)17-8-9/h4-5,8,10,12H,6-7H2,1-3H3,(H,19,20). The van der Waals surface area contributed by atoms with Crippen molar-refractivity contribution in [3.05, 3.63) is 28.5 Å². The summed E-state index contributed by atoms with van der Waals surface area (Å²) >= 11 is 3.25. The number of carbonyl (C=O) groups is 2. The Kier molecular flexibility index (Phi) is 4.75. The van der Waals surface area contributed by atoms with Crippen molar-refractivity contribution in [1.29, 1.82) is 0 Å². The molecule has 1 N–H and O–H groups in total. The summed E-state index contributed by atoms with van der Waals surface area (Å²) in [6.45, 7) is 5.62. The zero-order chi connectivity index (χ0) is 16.5. The second-order valence-electron chi connectivity index (χ2n) is 6.27. The van der Waals surface area contributed by atoms with Gasteiger partial charge in [0.25, 0.3) is 0 Å². The van der Waals surface area contributed by atoms with Crippen LogP contribution in [0.2, 0.25) is 0 Å². The molecule has 120 valence electrons. The summed E-state index contributed by atoms with van der Waals surface area (Å²) in [4.78, 5) is 29.3. The second kappa shape index (κ2) is 6.24. The van der Waals surface area contributed by atoms with E-state index in [0.29, 0.717) is 17.6 Å². The van der Waals surface area contributed by atoms with E-state index >= 15 is 0 Å². The molecular weight excluding hydrogens is 352 g/mol. The van der Waals surface area contributed by atoms with Crippen LogP contribution in [0.1, 0.15) is 38.7 Å². The fourth-order valence-electron chi connectivity index (χ4n) is 2.58. The van der Waals surface area contributed by atoms with Crippen molar-refractivity contribution in [1.82, 2.24) is 9.88 Å². The smallest absolute Gasteiger partial charge is 0.411 e. The molecule has 1 aromatic heterocycles. The van der Waals surface area contributed by atoms with E-state index in [-0.39, 0.29) is 5.92 Å². The summed E-state index contributed by atoms with van der Waals surface area (Å²) in [5.74, 6) is -1.32. The molecule has 1 aliphatic rings. The van der Waals surface area contributed by atoms with Gasteiger partial charge in [0, 0.05) is 18.7 Å². The number of amides is 1. The SMILES string of the molecule is CC(C)(C)OC(=O)N1CCC(c2ccc(Br)nc2)C1C(=O)O. The molecule has 2 rings (SSSR count). The number of aliphatic carboxylic acids is 1. The largest absolute Gasteiger partial charge is 0.480 e. The van der Waals surface area contributed by atoms with Crippen LogP contribution in [-0.4, -0.2) is 45.2 Å². The van der Waals surface area contributed by atoms with E-state index in [1.807, 2.05) is 6.07 Å². The molecule has 2 heterocycles. The maximum Gasteiger partial charge on any atom is 0.411 e. The molecule has 0 spiro atoms. The third-order valence-corrected chi connectivity index (χ3v) is 3.93. The van der Waals surface area contributed by atoms with Gasteiger partial charge in [0.2, 0.25) is 0 Å². The number of halogens is 1. The van der Waals surface area contributed by atoms with E-state index in [4.69, 9.17) is 4.74 Å². The Morgan fingerprint density at radius 3 is 2.59 bits per heavy atom. The number of hydrogen-bond acceptors (Lipinski definition) is 4. The van der Waals surface area contributed by atoms with Gasteiger partial charge in [0.05, 0.1) is 0 Å². The van der Waals surface area contributed by atoms with Crippen LogP contribution in [0.15, 0.2) is 22.9 Å². The van der Waals surface area contributed by atoms with Crippen LogP contribution in [0.4, 0.5) is 4.79 Å². The van der Waals surface area contributed by atoms with Crippen LogP contribution in [0.25, 0.3) is 0 Å². The van der Waals surface area contributed by atoms with Crippen molar-refractivity contribution < 1.29 is 19.4 Å². The number of carbonyl (C=O) groups excluding carboxylic acids is 1. The number of hydrogen-bond donors (Lipinski definition) is 1. The Morgan fingerprint density at radius 2 is 2.09 bits per heavy atom. The van der Waals surface area contributed by atoms with Crippen LogP contribution >= 0.6 is 15.9 Å². The quantitative estimate of drug-likeness (QED) is 0.809. The van der Waals surface area contributed by atoms with E-state index in [1.165, 1.54) is 4.90 Å². The molecule has 6 nitrogen and oxygen atoms in total. The molecule has 2 unspecified atom stereocenters. The lowest BCUT2D eigenvalue weighted by Gasteiger charge is -2.28. The maximum absolute atomic E-state index is 12.2. The van der Waals surface area contributed by atoms with Gasteiger partial charge in [-0.2, -0.15) is 0 Å². The highest BCUT2D eigenvalue weighted by molar-refractivity contribution is 9.10. The molecule has 1 fully saturated rings. The van der Waals surface area contributed by atoms with Crippen LogP contribution in [0, 0.1) is 0 Å². The van der Waals surface area contributed by atoms with Crippen LogP contribution in [0.3, 0.4) is 0 Å². The maximum atomic E-state index is 12.2. The predicted molar refractivity (Wildman–Crippen MR) is 83.7 cm³/mol. The number of aromatic nitrogens is 1. The monoisotopic (exact) mass is 370 g/mol. The third-order valence-electron chi connectivity index (χ3n) is 3.46. The minimum absolute atomic E-state index is 0.286. The van der Waals surface area contributed by atoms with Gasteiger partial charge < -0.3 is 9.84 Å². The molecule has 1 saturated heterocycles. The summed E-state index contributed by atoms with van der Waals surface area (Å²) in [5, 5.41) is 9.54. The molecule has 22 heavy (non-hydrogen) atoms. The average Bonchev–Trinajstić information content (AvgIpc) is 2.82. The van der Waals surface area contributed by atoms with Gasteiger partial charge in [0.15, 0.2) is 0 Å². The summed E-state index contributed by atoms with van der Waals surface area (Å²) in [6, 6.07) is 2.67. The molecule has 2 atom stereocenters. The lowest BCUT2D eigenvalue weighted by molar-refractivity contribution is -0.142. The fourth-order valence-corrected chi connectivity index (χ4v) is 2.81. The average molecular weight is 371 g/mol. The first-order chi connectivity index (χ1) is 10.2. The number of pyridine rings is 1. The Balaban J connectivity index is 2.23. The van der Waals surface area contributed by atoms with Crippen molar-refractivity contribution in [2.24, 2.45) is 0 Å². The Morgan fingerprint density at radius 1 is 1.41 bits per heavy atom. The number of carboxylic acid groups (broad SMARTS) is 1. The predicted octanol–water partition coefficient (Wildman–Crippen LogP) is 3.02. The molecule has 0 aliphatic carbocycles. The van der Waals surface area contributed by atoms with E-state index in [2.05, 4.69) is 20.9 Å². The molecule has 0 aromatic carbocycles.